The molecule has 0 aliphatic rings. The number of amides is 2. The van der Waals surface area contributed by atoms with Gasteiger partial charge in [-0.2, -0.15) is 0 Å². The minimum absolute atomic E-state index is 0.00188. The van der Waals surface area contributed by atoms with Crippen LogP contribution in [0.25, 0.3) is 0 Å². The monoisotopic (exact) mass is 486 g/mol. The summed E-state index contributed by atoms with van der Waals surface area (Å²) in [5.74, 6) is -0.885. The fourth-order valence-electron chi connectivity index (χ4n) is 3.56. The van der Waals surface area contributed by atoms with Crippen molar-refractivity contribution < 1.29 is 14.0 Å². The lowest BCUT2D eigenvalue weighted by Crippen LogP contribution is -2.51. The molecule has 0 bridgehead atoms. The average Bonchev–Trinajstić information content (AvgIpc) is 2.80. The molecule has 3 aromatic carbocycles. The van der Waals surface area contributed by atoms with Gasteiger partial charge in [0.25, 0.3) is 0 Å². The molecule has 1 atom stereocenters. The molecule has 0 spiro atoms. The summed E-state index contributed by atoms with van der Waals surface area (Å²) in [7, 11) is 0. The van der Waals surface area contributed by atoms with Crippen molar-refractivity contribution in [3.05, 3.63) is 105 Å². The Morgan fingerprint density at radius 2 is 1.67 bits per heavy atom. The Labute approximate surface area is 203 Å². The molecule has 172 valence electrons. The van der Waals surface area contributed by atoms with E-state index >= 15 is 0 Å². The quantitative estimate of drug-likeness (QED) is 0.437. The van der Waals surface area contributed by atoms with Crippen LogP contribution in [-0.4, -0.2) is 29.3 Å². The Hall–Kier alpha value is -2.89. The van der Waals surface area contributed by atoms with Crippen LogP contribution >= 0.6 is 23.2 Å². The third-order valence-electron chi connectivity index (χ3n) is 5.25. The van der Waals surface area contributed by atoms with Gasteiger partial charge in [-0.3, -0.25) is 9.59 Å². The second-order valence-corrected chi connectivity index (χ2v) is 8.50. The smallest absolute Gasteiger partial charge is 0.243 e. The van der Waals surface area contributed by atoms with Crippen molar-refractivity contribution in [1.29, 1.82) is 0 Å². The standard InChI is InChI=1S/C26H25Cl2FN2O2/c1-2-30-26(33)24(14-18-6-4-3-5-7-18)31(17-19-8-12-22(29)13-9-19)25(32)15-20-10-11-21(27)16-23(20)28/h3-13,16,24H,2,14-15,17H2,1H3,(H,30,33)/t24-/m0/s1. The number of nitrogens with one attached hydrogen (secondary N) is 1. The number of likely N-dealkylation sites (N-methyl/N-ethyl adjacent to an activating group) is 1. The van der Waals surface area contributed by atoms with Crippen LogP contribution in [0.3, 0.4) is 0 Å². The molecule has 0 unspecified atom stereocenters. The zero-order valence-corrected chi connectivity index (χ0v) is 19.7. The van der Waals surface area contributed by atoms with Gasteiger partial charge in [0.05, 0.1) is 6.42 Å². The molecule has 3 rings (SSSR count). The number of carbonyl (C=O) groups excluding carboxylic acids is 2. The normalized spacial score (nSPS) is 11.6. The Kier molecular flexibility index (Phi) is 8.87. The van der Waals surface area contributed by atoms with Crippen LogP contribution in [0.2, 0.25) is 10.0 Å². The largest absolute Gasteiger partial charge is 0.355 e. The van der Waals surface area contributed by atoms with Gasteiger partial charge in [0.2, 0.25) is 11.8 Å². The fraction of sp³-hybridized carbons (Fsp3) is 0.231. The third kappa shape index (κ3) is 7.04. The summed E-state index contributed by atoms with van der Waals surface area (Å²) in [4.78, 5) is 28.2. The molecule has 0 saturated heterocycles. The summed E-state index contributed by atoms with van der Waals surface area (Å²) >= 11 is 12.3. The zero-order valence-electron chi connectivity index (χ0n) is 18.2. The van der Waals surface area contributed by atoms with E-state index in [2.05, 4.69) is 5.32 Å². The molecule has 0 aromatic heterocycles. The molecule has 0 fully saturated rings. The molecule has 0 radical (unpaired) electrons. The minimum atomic E-state index is -0.754. The van der Waals surface area contributed by atoms with Crippen molar-refractivity contribution in [2.75, 3.05) is 6.54 Å². The van der Waals surface area contributed by atoms with E-state index in [1.54, 1.807) is 30.3 Å². The topological polar surface area (TPSA) is 49.4 Å². The Morgan fingerprint density at radius 3 is 2.30 bits per heavy atom. The van der Waals surface area contributed by atoms with E-state index in [0.717, 1.165) is 5.56 Å². The number of halogens is 3. The van der Waals surface area contributed by atoms with Crippen LogP contribution < -0.4 is 5.32 Å². The number of carbonyl (C=O) groups is 2. The maximum absolute atomic E-state index is 13.5. The van der Waals surface area contributed by atoms with Crippen LogP contribution in [0, 0.1) is 5.82 Å². The lowest BCUT2D eigenvalue weighted by atomic mass is 10.0. The highest BCUT2D eigenvalue weighted by atomic mass is 35.5. The van der Waals surface area contributed by atoms with Crippen molar-refractivity contribution in [2.24, 2.45) is 0 Å². The molecule has 1 N–H and O–H groups in total. The van der Waals surface area contributed by atoms with Gasteiger partial charge in [-0.1, -0.05) is 71.7 Å². The van der Waals surface area contributed by atoms with E-state index < -0.39 is 6.04 Å². The molecular weight excluding hydrogens is 462 g/mol. The Morgan fingerprint density at radius 1 is 0.970 bits per heavy atom. The SMILES string of the molecule is CCNC(=O)[C@H](Cc1ccccc1)N(Cc1ccc(F)cc1)C(=O)Cc1ccc(Cl)cc1Cl. The van der Waals surface area contributed by atoms with Crippen molar-refractivity contribution in [3.8, 4) is 0 Å². The number of hydrogen-bond donors (Lipinski definition) is 1. The second kappa shape index (κ2) is 11.8. The Balaban J connectivity index is 1.96. The molecule has 0 aliphatic heterocycles. The summed E-state index contributed by atoms with van der Waals surface area (Å²) in [6, 6.07) is 19.6. The molecule has 2 amide bonds. The summed E-state index contributed by atoms with van der Waals surface area (Å²) in [6.07, 6.45) is 0.343. The first-order valence-electron chi connectivity index (χ1n) is 10.7. The van der Waals surface area contributed by atoms with E-state index in [9.17, 15) is 14.0 Å². The van der Waals surface area contributed by atoms with Crippen LogP contribution in [0.15, 0.2) is 72.8 Å². The van der Waals surface area contributed by atoms with Crippen LogP contribution in [-0.2, 0) is 29.0 Å². The van der Waals surface area contributed by atoms with Crippen LogP contribution in [0.1, 0.15) is 23.6 Å². The molecule has 0 aliphatic carbocycles. The molecule has 33 heavy (non-hydrogen) atoms. The molecular formula is C26H25Cl2FN2O2. The van der Waals surface area contributed by atoms with Crippen LogP contribution in [0.5, 0.6) is 0 Å². The van der Waals surface area contributed by atoms with Gasteiger partial charge in [0.1, 0.15) is 11.9 Å². The lowest BCUT2D eigenvalue weighted by Gasteiger charge is -2.31. The maximum Gasteiger partial charge on any atom is 0.243 e. The number of rotatable bonds is 9. The van der Waals surface area contributed by atoms with E-state index in [1.165, 1.54) is 17.0 Å². The molecule has 0 saturated carbocycles. The van der Waals surface area contributed by atoms with Crippen molar-refractivity contribution in [2.45, 2.75) is 32.4 Å². The highest BCUT2D eigenvalue weighted by Crippen LogP contribution is 2.23. The number of nitrogens with zero attached hydrogens (tertiary/aromatic N) is 1. The number of hydrogen-bond acceptors (Lipinski definition) is 2. The minimum Gasteiger partial charge on any atom is -0.355 e. The van der Waals surface area contributed by atoms with Crippen molar-refractivity contribution in [3.63, 3.8) is 0 Å². The predicted octanol–water partition coefficient (Wildman–Crippen LogP) is 5.45. The first-order valence-corrected chi connectivity index (χ1v) is 11.4. The van der Waals surface area contributed by atoms with Crippen molar-refractivity contribution >= 4 is 35.0 Å². The van der Waals surface area contributed by atoms with Gasteiger partial charge < -0.3 is 10.2 Å². The van der Waals surface area contributed by atoms with Crippen LogP contribution in [0.4, 0.5) is 4.39 Å². The molecule has 0 heterocycles. The Bertz CT molecular complexity index is 1090. The third-order valence-corrected chi connectivity index (χ3v) is 5.83. The molecule has 4 nitrogen and oxygen atoms in total. The van der Waals surface area contributed by atoms with E-state index in [-0.39, 0.29) is 30.6 Å². The number of benzene rings is 3. The van der Waals surface area contributed by atoms with E-state index in [1.807, 2.05) is 37.3 Å². The first-order chi connectivity index (χ1) is 15.9. The molecule has 7 heteroatoms. The van der Waals surface area contributed by atoms with Gasteiger partial charge >= 0.3 is 0 Å². The van der Waals surface area contributed by atoms with E-state index in [4.69, 9.17) is 23.2 Å². The average molecular weight is 487 g/mol. The van der Waals surface area contributed by atoms with Gasteiger partial charge in [-0.25, -0.2) is 4.39 Å². The van der Waals surface area contributed by atoms with Gasteiger partial charge in [-0.05, 0) is 47.9 Å². The predicted molar refractivity (Wildman–Crippen MR) is 130 cm³/mol. The second-order valence-electron chi connectivity index (χ2n) is 7.66. The van der Waals surface area contributed by atoms with Gasteiger partial charge in [-0.15, -0.1) is 0 Å². The maximum atomic E-state index is 13.5. The highest BCUT2D eigenvalue weighted by Gasteiger charge is 2.30. The van der Waals surface area contributed by atoms with E-state index in [0.29, 0.717) is 34.1 Å². The van der Waals surface area contributed by atoms with Gasteiger partial charge in [0.15, 0.2) is 0 Å². The molecule has 3 aromatic rings. The summed E-state index contributed by atoms with van der Waals surface area (Å²) in [5.41, 5.74) is 2.26. The lowest BCUT2D eigenvalue weighted by molar-refractivity contribution is -0.140. The first kappa shape index (κ1) is 24.7. The fourth-order valence-corrected chi connectivity index (χ4v) is 4.04. The van der Waals surface area contributed by atoms with Crippen molar-refractivity contribution in [1.82, 2.24) is 10.2 Å². The van der Waals surface area contributed by atoms with Gasteiger partial charge in [0, 0.05) is 29.6 Å². The highest BCUT2D eigenvalue weighted by molar-refractivity contribution is 6.35. The summed E-state index contributed by atoms with van der Waals surface area (Å²) < 4.78 is 13.5. The summed E-state index contributed by atoms with van der Waals surface area (Å²) in [5, 5.41) is 3.70. The zero-order chi connectivity index (χ0) is 23.8. The summed E-state index contributed by atoms with van der Waals surface area (Å²) in [6.45, 7) is 2.42.